The Labute approximate surface area is 141 Å². The molecule has 3 heterocycles. The third kappa shape index (κ3) is 2.72. The molecule has 5 heteroatoms. The second-order valence-corrected chi connectivity index (χ2v) is 6.80. The van der Waals surface area contributed by atoms with Gasteiger partial charge in [0.15, 0.2) is 0 Å². The molecule has 0 spiro atoms. The van der Waals surface area contributed by atoms with Crippen LogP contribution in [0.15, 0.2) is 22.8 Å². The first kappa shape index (κ1) is 15.7. The van der Waals surface area contributed by atoms with E-state index in [9.17, 15) is 4.79 Å². The second-order valence-electron chi connectivity index (χ2n) is 6.80. The molecule has 0 unspecified atom stereocenters. The largest absolute Gasteiger partial charge is 0.464 e. The highest BCUT2D eigenvalue weighted by atomic mass is 16.5. The van der Waals surface area contributed by atoms with Crippen molar-refractivity contribution in [1.82, 2.24) is 4.90 Å². The number of rotatable bonds is 2. The van der Waals surface area contributed by atoms with E-state index in [1.54, 1.807) is 6.26 Å². The number of carbonyl (C=O) groups is 1. The number of benzene rings is 1. The Morgan fingerprint density at radius 3 is 2.96 bits per heavy atom. The zero-order chi connectivity index (χ0) is 16.7. The first-order valence-electron chi connectivity index (χ1n) is 8.59. The first-order valence-corrected chi connectivity index (χ1v) is 8.59. The number of ether oxygens (including phenoxy) is 2. The molecule has 0 N–H and O–H groups in total. The van der Waals surface area contributed by atoms with Crippen LogP contribution in [-0.2, 0) is 20.7 Å². The molecule has 2 aliphatic rings. The molecule has 0 saturated carbocycles. The standard InChI is InChI=1S/C19H23NO4/c1-12-7-15-14(10-24-17(15)8-13(12)2)9-19(21)20-4-6-23-18-11-22-5-3-16(18)20/h7-8,10,16,18H,3-6,9,11H2,1-2H3/t16-,18+/m0/s1. The van der Waals surface area contributed by atoms with Crippen LogP contribution in [0.1, 0.15) is 23.1 Å². The van der Waals surface area contributed by atoms with E-state index in [0.717, 1.165) is 23.0 Å². The molecule has 0 radical (unpaired) electrons. The van der Waals surface area contributed by atoms with E-state index in [-0.39, 0.29) is 18.1 Å². The summed E-state index contributed by atoms with van der Waals surface area (Å²) in [5.74, 6) is 0.149. The fourth-order valence-electron chi connectivity index (χ4n) is 3.73. The SMILES string of the molecule is Cc1cc2occ(CC(=O)N3CCO[C@@H]4COCC[C@@H]43)c2cc1C. The number of amides is 1. The maximum absolute atomic E-state index is 12.9. The third-order valence-electron chi connectivity index (χ3n) is 5.27. The molecule has 2 atom stereocenters. The molecule has 0 aliphatic carbocycles. The molecule has 1 amide bonds. The molecule has 128 valence electrons. The predicted octanol–water partition coefficient (Wildman–Crippen LogP) is 2.61. The van der Waals surface area contributed by atoms with Crippen molar-refractivity contribution in [3.63, 3.8) is 0 Å². The van der Waals surface area contributed by atoms with Crippen LogP contribution in [0.5, 0.6) is 0 Å². The molecule has 2 aromatic rings. The zero-order valence-electron chi connectivity index (χ0n) is 14.2. The number of nitrogens with zero attached hydrogens (tertiary/aromatic N) is 1. The van der Waals surface area contributed by atoms with Crippen molar-refractivity contribution in [2.75, 3.05) is 26.4 Å². The number of morpholine rings is 1. The Hall–Kier alpha value is -1.85. The lowest BCUT2D eigenvalue weighted by atomic mass is 10.00. The van der Waals surface area contributed by atoms with Crippen molar-refractivity contribution in [2.24, 2.45) is 0 Å². The Balaban J connectivity index is 1.56. The van der Waals surface area contributed by atoms with Gasteiger partial charge >= 0.3 is 0 Å². The number of carbonyl (C=O) groups excluding carboxylic acids is 1. The molecule has 1 aromatic carbocycles. The van der Waals surface area contributed by atoms with Gasteiger partial charge in [-0.2, -0.15) is 0 Å². The maximum atomic E-state index is 12.9. The zero-order valence-corrected chi connectivity index (χ0v) is 14.2. The molecular weight excluding hydrogens is 306 g/mol. The lowest BCUT2D eigenvalue weighted by molar-refractivity contribution is -0.161. The summed E-state index contributed by atoms with van der Waals surface area (Å²) in [6.07, 6.45) is 2.96. The van der Waals surface area contributed by atoms with Crippen LogP contribution >= 0.6 is 0 Å². The van der Waals surface area contributed by atoms with Crippen LogP contribution in [0.2, 0.25) is 0 Å². The molecule has 0 bridgehead atoms. The predicted molar refractivity (Wildman–Crippen MR) is 90.1 cm³/mol. The van der Waals surface area contributed by atoms with Crippen LogP contribution in [0.25, 0.3) is 11.0 Å². The molecular formula is C19H23NO4. The Morgan fingerprint density at radius 1 is 1.25 bits per heavy atom. The van der Waals surface area contributed by atoms with E-state index in [0.29, 0.717) is 32.8 Å². The minimum atomic E-state index is 0.0161. The van der Waals surface area contributed by atoms with E-state index >= 15 is 0 Å². The Kier molecular flexibility index (Phi) is 4.06. The summed E-state index contributed by atoms with van der Waals surface area (Å²) >= 11 is 0. The minimum absolute atomic E-state index is 0.0161. The van der Waals surface area contributed by atoms with Gasteiger partial charge in [-0.3, -0.25) is 4.79 Å². The first-order chi connectivity index (χ1) is 11.6. The van der Waals surface area contributed by atoms with E-state index in [1.165, 1.54) is 11.1 Å². The highest BCUT2D eigenvalue weighted by Gasteiger charge is 2.37. The maximum Gasteiger partial charge on any atom is 0.227 e. The summed E-state index contributed by atoms with van der Waals surface area (Å²) in [4.78, 5) is 14.9. The van der Waals surface area contributed by atoms with Crippen LogP contribution in [-0.4, -0.2) is 49.3 Å². The summed E-state index contributed by atoms with van der Waals surface area (Å²) in [6.45, 7) is 6.68. The summed E-state index contributed by atoms with van der Waals surface area (Å²) < 4.78 is 16.9. The van der Waals surface area contributed by atoms with Crippen molar-refractivity contribution < 1.29 is 18.7 Å². The topological polar surface area (TPSA) is 51.9 Å². The van der Waals surface area contributed by atoms with Gasteiger partial charge in [-0.05, 0) is 43.5 Å². The van der Waals surface area contributed by atoms with Crippen LogP contribution in [0.4, 0.5) is 0 Å². The summed E-state index contributed by atoms with van der Waals surface area (Å²) in [5, 5.41) is 1.04. The number of hydrogen-bond acceptors (Lipinski definition) is 4. The number of fused-ring (bicyclic) bond motifs is 2. The van der Waals surface area contributed by atoms with Gasteiger partial charge in [0.1, 0.15) is 11.7 Å². The van der Waals surface area contributed by atoms with Gasteiger partial charge in [0.05, 0.1) is 31.9 Å². The van der Waals surface area contributed by atoms with Crippen molar-refractivity contribution in [3.8, 4) is 0 Å². The fourth-order valence-corrected chi connectivity index (χ4v) is 3.73. The monoisotopic (exact) mass is 329 g/mol. The third-order valence-corrected chi connectivity index (χ3v) is 5.27. The van der Waals surface area contributed by atoms with Gasteiger partial charge in [0.2, 0.25) is 5.91 Å². The summed E-state index contributed by atoms with van der Waals surface area (Å²) in [7, 11) is 0. The molecule has 4 rings (SSSR count). The number of furan rings is 1. The van der Waals surface area contributed by atoms with Crippen molar-refractivity contribution >= 4 is 16.9 Å². The average molecular weight is 329 g/mol. The normalized spacial score (nSPS) is 24.2. The van der Waals surface area contributed by atoms with E-state index < -0.39 is 0 Å². The second kappa shape index (κ2) is 6.22. The highest BCUT2D eigenvalue weighted by molar-refractivity contribution is 5.88. The summed E-state index contributed by atoms with van der Waals surface area (Å²) in [5.41, 5.74) is 4.24. The number of hydrogen-bond donors (Lipinski definition) is 0. The highest BCUT2D eigenvalue weighted by Crippen LogP contribution is 2.27. The van der Waals surface area contributed by atoms with E-state index in [1.807, 2.05) is 11.0 Å². The van der Waals surface area contributed by atoms with Crippen molar-refractivity contribution in [2.45, 2.75) is 38.8 Å². The quantitative estimate of drug-likeness (QED) is 0.850. The molecule has 24 heavy (non-hydrogen) atoms. The van der Waals surface area contributed by atoms with Crippen LogP contribution in [0.3, 0.4) is 0 Å². The lowest BCUT2D eigenvalue weighted by Crippen LogP contribution is -2.57. The molecule has 2 saturated heterocycles. The molecule has 1 aromatic heterocycles. The van der Waals surface area contributed by atoms with E-state index in [2.05, 4.69) is 19.9 Å². The Morgan fingerprint density at radius 2 is 2.08 bits per heavy atom. The van der Waals surface area contributed by atoms with Crippen molar-refractivity contribution in [1.29, 1.82) is 0 Å². The lowest BCUT2D eigenvalue weighted by Gasteiger charge is -2.43. The molecule has 2 aliphatic heterocycles. The average Bonchev–Trinajstić information content (AvgIpc) is 2.96. The van der Waals surface area contributed by atoms with Gasteiger partial charge in [-0.1, -0.05) is 0 Å². The minimum Gasteiger partial charge on any atom is -0.464 e. The van der Waals surface area contributed by atoms with Gasteiger partial charge in [0, 0.05) is 24.1 Å². The molecule has 2 fully saturated rings. The number of aryl methyl sites for hydroxylation is 2. The van der Waals surface area contributed by atoms with Gasteiger partial charge in [-0.15, -0.1) is 0 Å². The van der Waals surface area contributed by atoms with Crippen LogP contribution in [0, 0.1) is 13.8 Å². The Bertz CT molecular complexity index is 764. The van der Waals surface area contributed by atoms with Crippen LogP contribution < -0.4 is 0 Å². The molecule has 5 nitrogen and oxygen atoms in total. The summed E-state index contributed by atoms with van der Waals surface area (Å²) in [6, 6.07) is 4.30. The van der Waals surface area contributed by atoms with Gasteiger partial charge < -0.3 is 18.8 Å². The van der Waals surface area contributed by atoms with Crippen molar-refractivity contribution in [3.05, 3.63) is 35.1 Å². The fraction of sp³-hybridized carbons (Fsp3) is 0.526. The van der Waals surface area contributed by atoms with Gasteiger partial charge in [0.25, 0.3) is 0 Å². The van der Waals surface area contributed by atoms with Gasteiger partial charge in [-0.25, -0.2) is 0 Å². The smallest absolute Gasteiger partial charge is 0.227 e. The van der Waals surface area contributed by atoms with E-state index in [4.69, 9.17) is 13.9 Å².